The molecule has 0 fully saturated rings. The van der Waals surface area contributed by atoms with Crippen molar-refractivity contribution in [3.63, 3.8) is 0 Å². The van der Waals surface area contributed by atoms with E-state index in [-0.39, 0.29) is 17.2 Å². The third-order valence-electron chi connectivity index (χ3n) is 5.44. The number of rotatable bonds is 6. The van der Waals surface area contributed by atoms with Crippen molar-refractivity contribution in [1.29, 1.82) is 0 Å². The van der Waals surface area contributed by atoms with Gasteiger partial charge in [0.25, 0.3) is 0 Å². The third-order valence-corrected chi connectivity index (χ3v) is 6.75. The summed E-state index contributed by atoms with van der Waals surface area (Å²) < 4.78 is 14.0. The molecule has 166 valence electrons. The van der Waals surface area contributed by atoms with Gasteiger partial charge < -0.3 is 14.8 Å². The van der Waals surface area contributed by atoms with E-state index < -0.39 is 0 Å². The van der Waals surface area contributed by atoms with Crippen molar-refractivity contribution in [3.8, 4) is 11.5 Å². The molecular formula is C22H27BrN4O3S. The number of carbonyl (C=O) groups is 1. The highest BCUT2D eigenvalue weighted by molar-refractivity contribution is 9.10. The molecule has 4 rings (SSSR count). The Kier molecular flexibility index (Phi) is 6.09. The van der Waals surface area contributed by atoms with Gasteiger partial charge in [-0.3, -0.25) is 4.79 Å². The van der Waals surface area contributed by atoms with Crippen LogP contribution in [-0.2, 0) is 4.79 Å². The minimum atomic E-state index is -0.380. The molecule has 9 heteroatoms. The van der Waals surface area contributed by atoms with Crippen molar-refractivity contribution in [1.82, 2.24) is 14.8 Å². The topological polar surface area (TPSA) is 78.3 Å². The van der Waals surface area contributed by atoms with Gasteiger partial charge >= 0.3 is 0 Å². The van der Waals surface area contributed by atoms with Gasteiger partial charge in [-0.25, -0.2) is 4.68 Å². The van der Waals surface area contributed by atoms with Crippen molar-refractivity contribution in [3.05, 3.63) is 33.4 Å². The second-order valence-electron chi connectivity index (χ2n) is 8.42. The number of carbonyl (C=O) groups excluding carboxylic acids is 1. The van der Waals surface area contributed by atoms with Crippen molar-refractivity contribution >= 4 is 39.4 Å². The molecule has 2 aliphatic rings. The number of hydrogen-bond donors (Lipinski definition) is 1. The molecule has 0 radical (unpaired) electrons. The maximum absolute atomic E-state index is 13.3. The van der Waals surface area contributed by atoms with Crippen molar-refractivity contribution in [2.75, 3.05) is 24.8 Å². The molecular weight excluding hydrogens is 480 g/mol. The van der Waals surface area contributed by atoms with Gasteiger partial charge in [0.2, 0.25) is 11.1 Å². The second kappa shape index (κ2) is 8.50. The number of methoxy groups -OCH3 is 1. The zero-order valence-corrected chi connectivity index (χ0v) is 20.8. The molecule has 31 heavy (non-hydrogen) atoms. The number of aromatic nitrogens is 3. The van der Waals surface area contributed by atoms with E-state index in [0.717, 1.165) is 33.5 Å². The number of thioether (sulfide) groups is 1. The molecule has 1 N–H and O–H groups in total. The molecule has 0 saturated heterocycles. The van der Waals surface area contributed by atoms with Gasteiger partial charge in [0, 0.05) is 17.7 Å². The molecule has 0 spiro atoms. The lowest BCUT2D eigenvalue weighted by atomic mass is 9.73. The zero-order chi connectivity index (χ0) is 22.3. The van der Waals surface area contributed by atoms with Gasteiger partial charge in [-0.2, -0.15) is 4.98 Å². The first-order valence-electron chi connectivity index (χ1n) is 10.4. The second-order valence-corrected chi connectivity index (χ2v) is 10.5. The molecule has 1 atom stereocenters. The fourth-order valence-electron chi connectivity index (χ4n) is 4.27. The first-order chi connectivity index (χ1) is 14.8. The number of benzene rings is 1. The Balaban J connectivity index is 1.91. The van der Waals surface area contributed by atoms with Crippen LogP contribution >= 0.6 is 27.7 Å². The summed E-state index contributed by atoms with van der Waals surface area (Å²) >= 11 is 5.21. The Morgan fingerprint density at radius 2 is 2.10 bits per heavy atom. The lowest BCUT2D eigenvalue weighted by Gasteiger charge is -2.38. The Labute approximate surface area is 195 Å². The Morgan fingerprint density at radius 1 is 1.32 bits per heavy atom. The zero-order valence-electron chi connectivity index (χ0n) is 18.4. The first kappa shape index (κ1) is 22.2. The number of ether oxygens (including phenoxy) is 2. The predicted octanol–water partition coefficient (Wildman–Crippen LogP) is 5.22. The van der Waals surface area contributed by atoms with Gasteiger partial charge in [0.15, 0.2) is 17.3 Å². The number of nitrogens with one attached hydrogen (secondary N) is 1. The quantitative estimate of drug-likeness (QED) is 0.538. The fraction of sp³-hybridized carbons (Fsp3) is 0.500. The molecule has 1 aromatic carbocycles. The summed E-state index contributed by atoms with van der Waals surface area (Å²) in [6, 6.07) is 3.54. The number of anilines is 1. The van der Waals surface area contributed by atoms with Gasteiger partial charge in [0.1, 0.15) is 6.04 Å². The Morgan fingerprint density at radius 3 is 2.77 bits per heavy atom. The van der Waals surface area contributed by atoms with E-state index >= 15 is 0 Å². The van der Waals surface area contributed by atoms with Crippen molar-refractivity contribution in [2.24, 2.45) is 5.41 Å². The number of fused-ring (bicyclic) bond motifs is 1. The van der Waals surface area contributed by atoms with Crippen LogP contribution in [-0.4, -0.2) is 40.0 Å². The maximum Gasteiger partial charge on any atom is 0.227 e. The number of allylic oxidation sites excluding steroid dienone is 2. The van der Waals surface area contributed by atoms with Crippen LogP contribution in [0.3, 0.4) is 0 Å². The largest absolute Gasteiger partial charge is 0.493 e. The van der Waals surface area contributed by atoms with Crippen LogP contribution in [0.5, 0.6) is 11.5 Å². The molecule has 2 heterocycles. The van der Waals surface area contributed by atoms with E-state index in [1.54, 1.807) is 18.9 Å². The monoisotopic (exact) mass is 506 g/mol. The molecule has 0 saturated carbocycles. The van der Waals surface area contributed by atoms with Crippen LogP contribution in [0.15, 0.2) is 33.0 Å². The van der Waals surface area contributed by atoms with Crippen LogP contribution < -0.4 is 14.8 Å². The van der Waals surface area contributed by atoms with Gasteiger partial charge in [0.05, 0.1) is 18.2 Å². The van der Waals surface area contributed by atoms with E-state index in [1.807, 2.05) is 23.7 Å². The summed E-state index contributed by atoms with van der Waals surface area (Å²) in [5.41, 5.74) is 2.48. The average molecular weight is 507 g/mol. The van der Waals surface area contributed by atoms with Crippen LogP contribution in [0.4, 0.5) is 5.95 Å². The first-order valence-corrected chi connectivity index (χ1v) is 12.2. The number of nitrogens with zero attached hydrogens (tertiary/aromatic N) is 3. The summed E-state index contributed by atoms with van der Waals surface area (Å²) in [5, 5.41) is 8.83. The van der Waals surface area contributed by atoms with Crippen LogP contribution in [0.2, 0.25) is 0 Å². The summed E-state index contributed by atoms with van der Waals surface area (Å²) in [7, 11) is 1.62. The smallest absolute Gasteiger partial charge is 0.227 e. The lowest BCUT2D eigenvalue weighted by molar-refractivity contribution is -0.118. The summed E-state index contributed by atoms with van der Waals surface area (Å²) in [6.45, 7) is 8.77. The molecule has 1 aromatic heterocycles. The molecule has 0 bridgehead atoms. The summed E-state index contributed by atoms with van der Waals surface area (Å²) in [5.74, 6) is 2.93. The molecule has 1 unspecified atom stereocenters. The SMILES string of the molecule is CCOc1c(Br)cc(C2C3=C(CC(C)(C)CC3=O)Nc3nc(SCC)nn32)cc1OC. The highest BCUT2D eigenvalue weighted by atomic mass is 79.9. The highest BCUT2D eigenvalue weighted by Gasteiger charge is 2.42. The van der Waals surface area contributed by atoms with E-state index in [1.165, 1.54) is 0 Å². The Bertz CT molecular complexity index is 1060. The summed E-state index contributed by atoms with van der Waals surface area (Å²) in [4.78, 5) is 18.0. The number of ketones is 1. The van der Waals surface area contributed by atoms with E-state index in [2.05, 4.69) is 47.0 Å². The van der Waals surface area contributed by atoms with Crippen LogP contribution in [0.1, 0.15) is 52.1 Å². The van der Waals surface area contributed by atoms with Crippen LogP contribution in [0, 0.1) is 5.41 Å². The molecule has 1 aliphatic carbocycles. The predicted molar refractivity (Wildman–Crippen MR) is 125 cm³/mol. The maximum atomic E-state index is 13.3. The third kappa shape index (κ3) is 4.09. The van der Waals surface area contributed by atoms with Gasteiger partial charge in [-0.1, -0.05) is 32.5 Å². The standard InChI is InChI=1S/C22H27BrN4O3S/c1-6-30-19-13(23)8-12(9-16(19)29-5)18-17-14(10-22(3,4)11-15(17)28)24-20-25-21(31-7-2)26-27(18)20/h8-9,18H,6-7,10-11H2,1-5H3,(H,24,25,26). The minimum absolute atomic E-state index is 0.103. The molecule has 7 nitrogen and oxygen atoms in total. The number of halogens is 1. The molecule has 2 aromatic rings. The van der Waals surface area contributed by atoms with E-state index in [0.29, 0.717) is 35.6 Å². The normalized spacial score (nSPS) is 19.5. The van der Waals surface area contributed by atoms with E-state index in [9.17, 15) is 4.79 Å². The average Bonchev–Trinajstić information content (AvgIpc) is 3.09. The Hall–Kier alpha value is -2.00. The van der Waals surface area contributed by atoms with Gasteiger partial charge in [-0.05, 0) is 58.1 Å². The van der Waals surface area contributed by atoms with Crippen molar-refractivity contribution < 1.29 is 14.3 Å². The molecule has 0 amide bonds. The number of hydrogen-bond acceptors (Lipinski definition) is 7. The highest BCUT2D eigenvalue weighted by Crippen LogP contribution is 2.47. The van der Waals surface area contributed by atoms with Crippen LogP contribution in [0.25, 0.3) is 0 Å². The fourth-order valence-corrected chi connectivity index (χ4v) is 5.40. The number of Topliss-reactive ketones (excluding diaryl/α,β-unsaturated/α-hetero) is 1. The lowest BCUT2D eigenvalue weighted by Crippen LogP contribution is -2.36. The van der Waals surface area contributed by atoms with Gasteiger partial charge in [-0.15, -0.1) is 5.10 Å². The minimum Gasteiger partial charge on any atom is -0.493 e. The summed E-state index contributed by atoms with van der Waals surface area (Å²) in [6.07, 6.45) is 1.28. The van der Waals surface area contributed by atoms with E-state index in [4.69, 9.17) is 14.6 Å². The van der Waals surface area contributed by atoms with Crippen molar-refractivity contribution in [2.45, 2.75) is 51.7 Å². The molecule has 1 aliphatic heterocycles.